The van der Waals surface area contributed by atoms with E-state index >= 15 is 0 Å². The second-order valence-electron chi connectivity index (χ2n) is 9.53. The van der Waals surface area contributed by atoms with Crippen LogP contribution in [0, 0.1) is 46.3 Å². The summed E-state index contributed by atoms with van der Waals surface area (Å²) in [6.07, 6.45) is 9.00. The van der Waals surface area contributed by atoms with Gasteiger partial charge in [0.15, 0.2) is 0 Å². The van der Waals surface area contributed by atoms with Crippen LogP contribution < -0.4 is 0 Å². The molecule has 0 heterocycles. The minimum atomic E-state index is 0.647. The van der Waals surface area contributed by atoms with E-state index in [1.807, 2.05) is 0 Å². The van der Waals surface area contributed by atoms with Crippen molar-refractivity contribution < 1.29 is 0 Å². The second-order valence-corrected chi connectivity index (χ2v) is 9.53. The molecule has 3 aliphatic carbocycles. The molecule has 0 bridgehead atoms. The largest absolute Gasteiger partial charge is 0.0625 e. The Balaban J connectivity index is 1.95. The van der Waals surface area contributed by atoms with Crippen LogP contribution in [0.1, 0.15) is 80.1 Å². The standard InChI is InChI=1S/C20H36/c1-13(2)16-9-10-17-18-14(3)7-8-15(4)19(18,5)11-12-20(16,17)6/h13-18H,7-12H2,1-6H3. The molecule has 116 valence electrons. The molecule has 3 saturated carbocycles. The van der Waals surface area contributed by atoms with Gasteiger partial charge in [0.2, 0.25) is 0 Å². The van der Waals surface area contributed by atoms with Crippen LogP contribution in [0.25, 0.3) is 0 Å². The van der Waals surface area contributed by atoms with E-state index in [0.717, 1.165) is 35.5 Å². The van der Waals surface area contributed by atoms with Crippen molar-refractivity contribution in [3.8, 4) is 0 Å². The highest BCUT2D eigenvalue weighted by Gasteiger charge is 2.60. The molecule has 0 heteroatoms. The lowest BCUT2D eigenvalue weighted by atomic mass is 9.44. The van der Waals surface area contributed by atoms with Crippen molar-refractivity contribution in [1.82, 2.24) is 0 Å². The van der Waals surface area contributed by atoms with Gasteiger partial charge in [0.25, 0.3) is 0 Å². The highest BCUT2D eigenvalue weighted by atomic mass is 14.6. The Morgan fingerprint density at radius 3 is 2.15 bits per heavy atom. The quantitative estimate of drug-likeness (QED) is 0.538. The van der Waals surface area contributed by atoms with Gasteiger partial charge in [-0.1, -0.05) is 48.0 Å². The van der Waals surface area contributed by atoms with Gasteiger partial charge in [-0.3, -0.25) is 0 Å². The Labute approximate surface area is 127 Å². The molecular formula is C20H36. The highest BCUT2D eigenvalue weighted by molar-refractivity contribution is 5.09. The molecular weight excluding hydrogens is 240 g/mol. The molecule has 0 saturated heterocycles. The zero-order valence-electron chi connectivity index (χ0n) is 14.7. The molecule has 0 aromatic carbocycles. The number of rotatable bonds is 1. The van der Waals surface area contributed by atoms with Crippen LogP contribution in [-0.2, 0) is 0 Å². The van der Waals surface area contributed by atoms with Crippen LogP contribution in [0.3, 0.4) is 0 Å². The topological polar surface area (TPSA) is 0 Å². The fourth-order valence-electron chi connectivity index (χ4n) is 7.16. The summed E-state index contributed by atoms with van der Waals surface area (Å²) in [6, 6.07) is 0. The minimum Gasteiger partial charge on any atom is -0.0625 e. The van der Waals surface area contributed by atoms with E-state index in [0.29, 0.717) is 10.8 Å². The van der Waals surface area contributed by atoms with Crippen LogP contribution in [0.2, 0.25) is 0 Å². The summed E-state index contributed by atoms with van der Waals surface area (Å²) >= 11 is 0. The van der Waals surface area contributed by atoms with Gasteiger partial charge in [-0.2, -0.15) is 0 Å². The van der Waals surface area contributed by atoms with Crippen molar-refractivity contribution in [3.05, 3.63) is 0 Å². The van der Waals surface area contributed by atoms with Gasteiger partial charge in [0, 0.05) is 0 Å². The first kappa shape index (κ1) is 14.9. The minimum absolute atomic E-state index is 0.647. The van der Waals surface area contributed by atoms with Crippen molar-refractivity contribution >= 4 is 0 Å². The molecule has 3 aliphatic rings. The van der Waals surface area contributed by atoms with Gasteiger partial charge < -0.3 is 0 Å². The van der Waals surface area contributed by atoms with Crippen molar-refractivity contribution in [1.29, 1.82) is 0 Å². The molecule has 0 aliphatic heterocycles. The Morgan fingerprint density at radius 1 is 0.850 bits per heavy atom. The lowest BCUT2D eigenvalue weighted by Crippen LogP contribution is -2.53. The van der Waals surface area contributed by atoms with Gasteiger partial charge in [-0.05, 0) is 78.4 Å². The molecule has 0 amide bonds. The zero-order valence-corrected chi connectivity index (χ0v) is 14.7. The molecule has 0 spiro atoms. The zero-order chi connectivity index (χ0) is 14.7. The van der Waals surface area contributed by atoms with Crippen LogP contribution in [0.5, 0.6) is 0 Å². The predicted molar refractivity (Wildman–Crippen MR) is 87.6 cm³/mol. The lowest BCUT2D eigenvalue weighted by molar-refractivity contribution is -0.118. The van der Waals surface area contributed by atoms with E-state index in [9.17, 15) is 0 Å². The Hall–Kier alpha value is 0. The Morgan fingerprint density at radius 2 is 1.50 bits per heavy atom. The van der Waals surface area contributed by atoms with Gasteiger partial charge in [0.05, 0.1) is 0 Å². The first-order valence-electron chi connectivity index (χ1n) is 9.30. The van der Waals surface area contributed by atoms with E-state index in [-0.39, 0.29) is 0 Å². The normalized spacial score (nSPS) is 55.6. The second kappa shape index (κ2) is 4.75. The average Bonchev–Trinajstić information content (AvgIpc) is 2.72. The summed E-state index contributed by atoms with van der Waals surface area (Å²) in [5, 5.41) is 0. The predicted octanol–water partition coefficient (Wildman–Crippen LogP) is 6.16. The number of hydrogen-bond donors (Lipinski definition) is 0. The summed E-state index contributed by atoms with van der Waals surface area (Å²) < 4.78 is 0. The van der Waals surface area contributed by atoms with Crippen molar-refractivity contribution in [2.45, 2.75) is 80.1 Å². The number of hydrogen-bond acceptors (Lipinski definition) is 0. The fourth-order valence-corrected chi connectivity index (χ4v) is 7.16. The summed E-state index contributed by atoms with van der Waals surface area (Å²) in [5.41, 5.74) is 1.30. The van der Waals surface area contributed by atoms with Crippen molar-refractivity contribution in [2.75, 3.05) is 0 Å². The van der Waals surface area contributed by atoms with Crippen molar-refractivity contribution in [2.24, 2.45) is 46.3 Å². The van der Waals surface area contributed by atoms with E-state index in [1.54, 1.807) is 0 Å². The summed E-state index contributed by atoms with van der Waals surface area (Å²) in [4.78, 5) is 0. The third kappa shape index (κ3) is 1.85. The molecule has 3 rings (SSSR count). The third-order valence-corrected chi connectivity index (χ3v) is 8.48. The Bertz CT molecular complexity index is 370. The van der Waals surface area contributed by atoms with Crippen LogP contribution >= 0.6 is 0 Å². The molecule has 20 heavy (non-hydrogen) atoms. The van der Waals surface area contributed by atoms with Gasteiger partial charge >= 0.3 is 0 Å². The van der Waals surface area contributed by atoms with E-state index < -0.39 is 0 Å². The van der Waals surface area contributed by atoms with E-state index in [2.05, 4.69) is 41.5 Å². The maximum atomic E-state index is 2.67. The van der Waals surface area contributed by atoms with Crippen LogP contribution in [0.15, 0.2) is 0 Å². The summed E-state index contributed by atoms with van der Waals surface area (Å²) in [5.74, 6) is 5.81. The highest BCUT2D eigenvalue weighted by Crippen LogP contribution is 2.68. The smallest absolute Gasteiger partial charge is 0.0264 e. The molecule has 3 fully saturated rings. The van der Waals surface area contributed by atoms with Crippen LogP contribution in [-0.4, -0.2) is 0 Å². The monoisotopic (exact) mass is 276 g/mol. The molecule has 7 unspecified atom stereocenters. The fraction of sp³-hybridized carbons (Fsp3) is 1.00. The van der Waals surface area contributed by atoms with Crippen LogP contribution in [0.4, 0.5) is 0 Å². The maximum absolute atomic E-state index is 2.67. The SMILES string of the molecule is CC(C)C1CCC2C3C(C)CCC(C)C3(C)CCC12C. The molecule has 0 radical (unpaired) electrons. The summed E-state index contributed by atoms with van der Waals surface area (Å²) in [7, 11) is 0. The number of fused-ring (bicyclic) bond motifs is 3. The lowest BCUT2D eigenvalue weighted by Gasteiger charge is -2.60. The molecule has 0 aromatic heterocycles. The first-order valence-corrected chi connectivity index (χ1v) is 9.30. The molecule has 0 aromatic rings. The Kier molecular flexibility index (Phi) is 3.54. The maximum Gasteiger partial charge on any atom is -0.0264 e. The van der Waals surface area contributed by atoms with Gasteiger partial charge in [0.1, 0.15) is 0 Å². The van der Waals surface area contributed by atoms with E-state index in [1.165, 1.54) is 38.5 Å². The van der Waals surface area contributed by atoms with E-state index in [4.69, 9.17) is 0 Å². The third-order valence-electron chi connectivity index (χ3n) is 8.48. The molecule has 0 N–H and O–H groups in total. The van der Waals surface area contributed by atoms with Gasteiger partial charge in [-0.25, -0.2) is 0 Å². The first-order chi connectivity index (χ1) is 9.30. The van der Waals surface area contributed by atoms with Gasteiger partial charge in [-0.15, -0.1) is 0 Å². The summed E-state index contributed by atoms with van der Waals surface area (Å²) in [6.45, 7) is 15.4. The molecule has 0 nitrogen and oxygen atoms in total. The average molecular weight is 277 g/mol. The van der Waals surface area contributed by atoms with Crippen molar-refractivity contribution in [3.63, 3.8) is 0 Å². The molecule has 7 atom stereocenters.